The van der Waals surface area contributed by atoms with Gasteiger partial charge in [-0.1, -0.05) is 12.1 Å². The van der Waals surface area contributed by atoms with E-state index >= 15 is 0 Å². The van der Waals surface area contributed by atoms with Crippen molar-refractivity contribution in [2.24, 2.45) is 7.05 Å². The van der Waals surface area contributed by atoms with Crippen molar-refractivity contribution in [3.05, 3.63) is 90.6 Å². The van der Waals surface area contributed by atoms with Gasteiger partial charge in [0, 0.05) is 38.4 Å². The molecule has 2 aromatic heterocycles. The smallest absolute Gasteiger partial charge is 0.336 e. The lowest BCUT2D eigenvalue weighted by Crippen LogP contribution is -2.41. The van der Waals surface area contributed by atoms with Crippen LogP contribution in [0.5, 0.6) is 0 Å². The summed E-state index contributed by atoms with van der Waals surface area (Å²) in [5, 5.41) is 14.9. The van der Waals surface area contributed by atoms with Crippen LogP contribution in [0.15, 0.2) is 56.8 Å². The van der Waals surface area contributed by atoms with E-state index in [0.29, 0.717) is 29.8 Å². The molecule has 0 aliphatic heterocycles. The third kappa shape index (κ3) is 5.26. The molecule has 4 rings (SSSR count). The first kappa shape index (κ1) is 27.5. The molecule has 0 aliphatic carbocycles. The van der Waals surface area contributed by atoms with E-state index in [1.165, 1.54) is 42.2 Å². The third-order valence-corrected chi connectivity index (χ3v) is 6.49. The first-order valence-corrected chi connectivity index (χ1v) is 12.5. The molecule has 0 fully saturated rings. The first-order valence-electron chi connectivity index (χ1n) is 12.5. The summed E-state index contributed by atoms with van der Waals surface area (Å²) in [5.74, 6) is -0.859. The van der Waals surface area contributed by atoms with Crippen molar-refractivity contribution in [2.75, 3.05) is 17.2 Å². The van der Waals surface area contributed by atoms with Gasteiger partial charge < -0.3 is 15.7 Å². The largest absolute Gasteiger partial charge is 0.396 e. The molecule has 0 radical (unpaired) electrons. The van der Waals surface area contributed by atoms with Crippen LogP contribution in [0.3, 0.4) is 0 Å². The zero-order valence-electron chi connectivity index (χ0n) is 22.2. The Morgan fingerprint density at radius 3 is 2.44 bits per heavy atom. The van der Waals surface area contributed by atoms with Gasteiger partial charge in [0.15, 0.2) is 0 Å². The van der Waals surface area contributed by atoms with Crippen LogP contribution in [0.4, 0.5) is 21.6 Å². The summed E-state index contributed by atoms with van der Waals surface area (Å²) >= 11 is 0. The van der Waals surface area contributed by atoms with Crippen molar-refractivity contribution in [1.82, 2.24) is 13.7 Å². The molecule has 4 aromatic rings. The van der Waals surface area contributed by atoms with Gasteiger partial charge in [0.05, 0.1) is 16.9 Å². The van der Waals surface area contributed by atoms with Crippen LogP contribution >= 0.6 is 0 Å². The number of hydrogen-bond acceptors (Lipinski definition) is 6. The number of aromatic nitrogens is 3. The number of nitrogens with one attached hydrogen (secondary N) is 2. The lowest BCUT2D eigenvalue weighted by molar-refractivity contribution is -0.114. The van der Waals surface area contributed by atoms with E-state index in [9.17, 15) is 28.7 Å². The first-order chi connectivity index (χ1) is 18.5. The zero-order chi connectivity index (χ0) is 28.4. The topological polar surface area (TPSA) is 127 Å². The number of amides is 1. The number of aliphatic hydroxyl groups excluding tert-OH is 1. The van der Waals surface area contributed by atoms with Crippen molar-refractivity contribution in [2.45, 2.75) is 40.2 Å². The van der Waals surface area contributed by atoms with Gasteiger partial charge in [0.2, 0.25) is 5.91 Å². The van der Waals surface area contributed by atoms with E-state index in [2.05, 4.69) is 10.6 Å². The number of fused-ring (bicyclic) bond motifs is 1. The lowest BCUT2D eigenvalue weighted by atomic mass is 10.1. The highest BCUT2D eigenvalue weighted by Crippen LogP contribution is 2.27. The summed E-state index contributed by atoms with van der Waals surface area (Å²) in [6.45, 7) is 4.51. The van der Waals surface area contributed by atoms with Crippen molar-refractivity contribution in [3.63, 3.8) is 0 Å². The number of anilines is 3. The number of hydrogen-bond donors (Lipinski definition) is 3. The minimum absolute atomic E-state index is 0.0137. The Morgan fingerprint density at radius 2 is 1.77 bits per heavy atom. The highest BCUT2D eigenvalue weighted by molar-refractivity contribution is 5.94. The van der Waals surface area contributed by atoms with Gasteiger partial charge in [-0.2, -0.15) is 0 Å². The standard InChI is InChI=1S/C28H30FN5O5/c1-16-10-11-22(21(29)14-16)31-25-23-24(17(2)26(37)32(25)4)34(20-9-7-8-19(15-20)30-18(3)36)28(39)33(27(23)38)12-5-6-13-35/h7-11,14-15,31,35H,5-6,12-13H2,1-4H3,(H,30,36). The number of aliphatic hydroxyl groups is 1. The number of halogens is 1. The molecule has 2 aromatic carbocycles. The number of benzene rings is 2. The summed E-state index contributed by atoms with van der Waals surface area (Å²) in [4.78, 5) is 52.7. The number of carbonyl (C=O) groups is 1. The van der Waals surface area contributed by atoms with E-state index in [-0.39, 0.29) is 47.0 Å². The second kappa shape index (κ2) is 11.1. The SMILES string of the molecule is CC(=O)Nc1cccc(-n2c(=O)n(CCCCO)c(=O)c3c(Nc4ccc(C)cc4F)n(C)c(=O)c(C)c32)c1. The Kier molecular flexibility index (Phi) is 7.82. The number of pyridine rings is 1. The minimum Gasteiger partial charge on any atom is -0.396 e. The maximum atomic E-state index is 14.8. The van der Waals surface area contributed by atoms with Crippen molar-refractivity contribution < 1.29 is 14.3 Å². The molecule has 204 valence electrons. The van der Waals surface area contributed by atoms with Crippen molar-refractivity contribution in [1.29, 1.82) is 0 Å². The minimum atomic E-state index is -0.686. The number of rotatable bonds is 8. The molecule has 0 saturated carbocycles. The molecule has 39 heavy (non-hydrogen) atoms. The van der Waals surface area contributed by atoms with Gasteiger partial charge in [0.1, 0.15) is 17.0 Å². The molecule has 2 heterocycles. The van der Waals surface area contributed by atoms with E-state index < -0.39 is 22.6 Å². The molecule has 0 aliphatic rings. The van der Waals surface area contributed by atoms with Gasteiger partial charge in [-0.05, 0) is 62.6 Å². The monoisotopic (exact) mass is 535 g/mol. The molecule has 0 unspecified atom stereocenters. The van der Waals surface area contributed by atoms with Gasteiger partial charge in [0.25, 0.3) is 11.1 Å². The van der Waals surface area contributed by atoms with Crippen LogP contribution < -0.4 is 27.4 Å². The number of carbonyl (C=O) groups excluding carboxylic acids is 1. The summed E-state index contributed by atoms with van der Waals surface area (Å²) in [6, 6.07) is 11.0. The fraction of sp³-hybridized carbons (Fsp3) is 0.286. The average molecular weight is 536 g/mol. The fourth-order valence-corrected chi connectivity index (χ4v) is 4.58. The van der Waals surface area contributed by atoms with Gasteiger partial charge >= 0.3 is 5.69 Å². The summed E-state index contributed by atoms with van der Waals surface area (Å²) in [6.07, 6.45) is 0.719. The van der Waals surface area contributed by atoms with Crippen LogP contribution in [0.25, 0.3) is 16.6 Å². The Morgan fingerprint density at radius 1 is 1.03 bits per heavy atom. The summed E-state index contributed by atoms with van der Waals surface area (Å²) in [7, 11) is 1.46. The second-order valence-electron chi connectivity index (χ2n) is 9.41. The summed E-state index contributed by atoms with van der Waals surface area (Å²) in [5.41, 5.74) is -0.135. The van der Waals surface area contributed by atoms with E-state index in [1.807, 2.05) is 0 Å². The van der Waals surface area contributed by atoms with Crippen molar-refractivity contribution >= 4 is 34.0 Å². The molecule has 1 amide bonds. The molecular formula is C28H30FN5O5. The quantitative estimate of drug-likeness (QED) is 0.298. The van der Waals surface area contributed by atoms with Crippen LogP contribution in [0.1, 0.15) is 30.9 Å². The van der Waals surface area contributed by atoms with Crippen LogP contribution in [0, 0.1) is 19.7 Å². The van der Waals surface area contributed by atoms with Crippen molar-refractivity contribution in [3.8, 4) is 5.69 Å². The third-order valence-electron chi connectivity index (χ3n) is 6.49. The highest BCUT2D eigenvalue weighted by atomic mass is 19.1. The normalized spacial score (nSPS) is 11.1. The predicted molar refractivity (Wildman–Crippen MR) is 149 cm³/mol. The Balaban J connectivity index is 2.13. The van der Waals surface area contributed by atoms with Gasteiger partial charge in [-0.3, -0.25) is 28.1 Å². The van der Waals surface area contributed by atoms with Gasteiger partial charge in [-0.15, -0.1) is 0 Å². The van der Waals surface area contributed by atoms with E-state index in [4.69, 9.17) is 0 Å². The van der Waals surface area contributed by atoms with Crippen LogP contribution in [-0.2, 0) is 18.4 Å². The zero-order valence-corrected chi connectivity index (χ0v) is 22.2. The summed E-state index contributed by atoms with van der Waals surface area (Å²) < 4.78 is 18.4. The van der Waals surface area contributed by atoms with Crippen LogP contribution in [-0.4, -0.2) is 31.3 Å². The Hall–Kier alpha value is -4.51. The second-order valence-corrected chi connectivity index (χ2v) is 9.41. The maximum absolute atomic E-state index is 14.8. The predicted octanol–water partition coefficient (Wildman–Crippen LogP) is 3.08. The highest BCUT2D eigenvalue weighted by Gasteiger charge is 2.24. The number of aryl methyl sites for hydroxylation is 2. The molecular weight excluding hydrogens is 505 g/mol. The average Bonchev–Trinajstić information content (AvgIpc) is 2.88. The Bertz CT molecular complexity index is 1770. The van der Waals surface area contributed by atoms with E-state index in [1.54, 1.807) is 37.3 Å². The molecule has 10 nitrogen and oxygen atoms in total. The Labute approximate surface area is 223 Å². The molecule has 0 saturated heterocycles. The van der Waals surface area contributed by atoms with Crippen LogP contribution in [0.2, 0.25) is 0 Å². The van der Waals surface area contributed by atoms with E-state index in [0.717, 1.165) is 4.57 Å². The molecule has 3 N–H and O–H groups in total. The number of nitrogens with zero attached hydrogens (tertiary/aromatic N) is 3. The molecule has 0 atom stereocenters. The maximum Gasteiger partial charge on any atom is 0.336 e. The van der Waals surface area contributed by atoms with Gasteiger partial charge in [-0.25, -0.2) is 9.18 Å². The molecule has 0 bridgehead atoms. The lowest BCUT2D eigenvalue weighted by Gasteiger charge is -2.21. The molecule has 11 heteroatoms. The number of unbranched alkanes of at least 4 members (excludes halogenated alkanes) is 1. The molecule has 0 spiro atoms. The fourth-order valence-electron chi connectivity index (χ4n) is 4.58.